The number of amides is 1. The number of thioether (sulfide) groups is 1. The molecule has 0 bridgehead atoms. The van der Waals surface area contributed by atoms with Gasteiger partial charge in [-0.05, 0) is 28.8 Å². The van der Waals surface area contributed by atoms with E-state index in [1.165, 1.54) is 16.7 Å². The van der Waals surface area contributed by atoms with Crippen molar-refractivity contribution in [3.05, 3.63) is 102 Å². The second-order valence-electron chi connectivity index (χ2n) is 6.47. The van der Waals surface area contributed by atoms with E-state index in [0.29, 0.717) is 6.54 Å². The van der Waals surface area contributed by atoms with Crippen LogP contribution in [0.1, 0.15) is 23.6 Å². The molecule has 0 fully saturated rings. The lowest BCUT2D eigenvalue weighted by molar-refractivity contribution is -0.118. The SMILES string of the molecule is COc1ccc(C(SCCNC(C)=O)(c2ccccc2)c2ccccc2)cc1. The largest absolute Gasteiger partial charge is 0.497 e. The maximum Gasteiger partial charge on any atom is 0.216 e. The molecule has 0 aromatic heterocycles. The maximum absolute atomic E-state index is 11.3. The molecule has 28 heavy (non-hydrogen) atoms. The number of benzene rings is 3. The third kappa shape index (κ3) is 4.39. The number of ether oxygens (including phenoxy) is 1. The van der Waals surface area contributed by atoms with Crippen LogP contribution in [0.3, 0.4) is 0 Å². The van der Waals surface area contributed by atoms with Crippen molar-refractivity contribution in [3.63, 3.8) is 0 Å². The molecular formula is C24H25NO2S. The highest BCUT2D eigenvalue weighted by Gasteiger charge is 2.36. The molecule has 0 aliphatic carbocycles. The summed E-state index contributed by atoms with van der Waals surface area (Å²) in [5.74, 6) is 1.62. The highest BCUT2D eigenvalue weighted by Crippen LogP contribution is 2.48. The van der Waals surface area contributed by atoms with Crippen LogP contribution in [0, 0.1) is 0 Å². The fourth-order valence-corrected chi connectivity index (χ4v) is 4.77. The van der Waals surface area contributed by atoms with Crippen molar-refractivity contribution in [2.45, 2.75) is 11.7 Å². The molecule has 1 N–H and O–H groups in total. The average Bonchev–Trinajstić information content (AvgIpc) is 2.75. The summed E-state index contributed by atoms with van der Waals surface area (Å²) in [4.78, 5) is 11.3. The number of methoxy groups -OCH3 is 1. The molecule has 0 heterocycles. The highest BCUT2D eigenvalue weighted by atomic mass is 32.2. The molecule has 4 heteroatoms. The lowest BCUT2D eigenvalue weighted by Gasteiger charge is -2.35. The first-order valence-electron chi connectivity index (χ1n) is 9.31. The summed E-state index contributed by atoms with van der Waals surface area (Å²) < 4.78 is 4.98. The van der Waals surface area contributed by atoms with Crippen molar-refractivity contribution in [1.29, 1.82) is 0 Å². The molecule has 144 valence electrons. The topological polar surface area (TPSA) is 38.3 Å². The predicted octanol–water partition coefficient (Wildman–Crippen LogP) is 4.86. The average molecular weight is 392 g/mol. The van der Waals surface area contributed by atoms with Gasteiger partial charge in [-0.15, -0.1) is 11.8 Å². The minimum Gasteiger partial charge on any atom is -0.497 e. The number of carbonyl (C=O) groups excluding carboxylic acids is 1. The molecular weight excluding hydrogens is 366 g/mol. The van der Waals surface area contributed by atoms with E-state index in [4.69, 9.17) is 4.74 Å². The zero-order valence-electron chi connectivity index (χ0n) is 16.2. The van der Waals surface area contributed by atoms with E-state index >= 15 is 0 Å². The van der Waals surface area contributed by atoms with Crippen LogP contribution in [0.2, 0.25) is 0 Å². The van der Waals surface area contributed by atoms with E-state index in [-0.39, 0.29) is 10.7 Å². The molecule has 1 amide bonds. The lowest BCUT2D eigenvalue weighted by Crippen LogP contribution is -2.29. The molecule has 0 unspecified atom stereocenters. The molecule has 0 spiro atoms. The third-order valence-corrected chi connectivity index (χ3v) is 6.20. The normalized spacial score (nSPS) is 11.1. The smallest absolute Gasteiger partial charge is 0.216 e. The molecule has 3 aromatic carbocycles. The second kappa shape index (κ2) is 9.47. The minimum absolute atomic E-state index is 0.00457. The number of hydrogen-bond donors (Lipinski definition) is 1. The van der Waals surface area contributed by atoms with Gasteiger partial charge in [-0.25, -0.2) is 0 Å². The zero-order valence-corrected chi connectivity index (χ0v) is 17.0. The maximum atomic E-state index is 11.3. The van der Waals surface area contributed by atoms with E-state index < -0.39 is 0 Å². The summed E-state index contributed by atoms with van der Waals surface area (Å²) in [6.07, 6.45) is 0. The van der Waals surface area contributed by atoms with Crippen LogP contribution in [-0.2, 0) is 9.54 Å². The van der Waals surface area contributed by atoms with Crippen molar-refractivity contribution < 1.29 is 9.53 Å². The van der Waals surface area contributed by atoms with Gasteiger partial charge >= 0.3 is 0 Å². The van der Waals surface area contributed by atoms with Gasteiger partial charge in [-0.2, -0.15) is 0 Å². The van der Waals surface area contributed by atoms with Crippen LogP contribution >= 0.6 is 11.8 Å². The summed E-state index contributed by atoms with van der Waals surface area (Å²) >= 11 is 1.83. The van der Waals surface area contributed by atoms with Gasteiger partial charge in [0, 0.05) is 19.2 Å². The van der Waals surface area contributed by atoms with Crippen LogP contribution in [-0.4, -0.2) is 25.3 Å². The van der Waals surface area contributed by atoms with Crippen LogP contribution in [0.5, 0.6) is 5.75 Å². The van der Waals surface area contributed by atoms with Gasteiger partial charge in [0.05, 0.1) is 11.9 Å². The Kier molecular flexibility index (Phi) is 6.77. The molecule has 0 saturated heterocycles. The van der Waals surface area contributed by atoms with Crippen molar-refractivity contribution in [3.8, 4) is 5.75 Å². The quantitative estimate of drug-likeness (QED) is 0.440. The Balaban J connectivity index is 2.11. The van der Waals surface area contributed by atoms with Crippen molar-refractivity contribution in [1.82, 2.24) is 5.32 Å². The number of hydrogen-bond acceptors (Lipinski definition) is 3. The Morgan fingerprint density at radius 1 is 0.857 bits per heavy atom. The third-order valence-electron chi connectivity index (χ3n) is 4.65. The van der Waals surface area contributed by atoms with Crippen molar-refractivity contribution in [2.24, 2.45) is 0 Å². The summed E-state index contributed by atoms with van der Waals surface area (Å²) in [7, 11) is 1.68. The lowest BCUT2D eigenvalue weighted by atomic mass is 9.84. The van der Waals surface area contributed by atoms with Gasteiger partial charge in [0.1, 0.15) is 5.75 Å². The molecule has 3 aromatic rings. The van der Waals surface area contributed by atoms with Gasteiger partial charge in [-0.1, -0.05) is 72.8 Å². The Morgan fingerprint density at radius 3 is 1.82 bits per heavy atom. The van der Waals surface area contributed by atoms with Gasteiger partial charge in [0.25, 0.3) is 0 Å². The first-order valence-corrected chi connectivity index (χ1v) is 10.3. The molecule has 0 saturated carbocycles. The molecule has 0 radical (unpaired) electrons. The van der Waals surface area contributed by atoms with E-state index in [2.05, 4.69) is 66.0 Å². The summed E-state index contributed by atoms with van der Waals surface area (Å²) in [5.41, 5.74) is 3.59. The summed E-state index contributed by atoms with van der Waals surface area (Å²) in [6.45, 7) is 2.17. The van der Waals surface area contributed by atoms with Crippen molar-refractivity contribution in [2.75, 3.05) is 19.4 Å². The van der Waals surface area contributed by atoms with Crippen LogP contribution in [0.15, 0.2) is 84.9 Å². The first-order chi connectivity index (χ1) is 13.7. The summed E-state index contributed by atoms with van der Waals surface area (Å²) in [6, 6.07) is 29.3. The Labute approximate surface area is 171 Å². The van der Waals surface area contributed by atoms with E-state index in [9.17, 15) is 4.79 Å². The fourth-order valence-electron chi connectivity index (χ4n) is 3.35. The van der Waals surface area contributed by atoms with Gasteiger partial charge in [0.2, 0.25) is 5.91 Å². The Morgan fingerprint density at radius 2 is 1.36 bits per heavy atom. The second-order valence-corrected chi connectivity index (χ2v) is 7.78. The highest BCUT2D eigenvalue weighted by molar-refractivity contribution is 8.00. The molecule has 0 atom stereocenters. The molecule has 0 aliphatic rings. The Bertz CT molecular complexity index is 840. The van der Waals surface area contributed by atoms with Crippen LogP contribution in [0.25, 0.3) is 0 Å². The minimum atomic E-state index is -0.382. The predicted molar refractivity (Wildman–Crippen MR) is 117 cm³/mol. The zero-order chi connectivity index (χ0) is 19.8. The van der Waals surface area contributed by atoms with Crippen LogP contribution < -0.4 is 10.1 Å². The van der Waals surface area contributed by atoms with E-state index in [1.54, 1.807) is 14.0 Å². The first kappa shape index (κ1) is 20.0. The number of rotatable bonds is 8. The number of carbonyl (C=O) groups is 1. The summed E-state index contributed by atoms with van der Waals surface area (Å²) in [5, 5.41) is 2.91. The monoisotopic (exact) mass is 391 g/mol. The number of nitrogens with one attached hydrogen (secondary N) is 1. The van der Waals surface area contributed by atoms with Crippen LogP contribution in [0.4, 0.5) is 0 Å². The van der Waals surface area contributed by atoms with Crippen molar-refractivity contribution >= 4 is 17.7 Å². The fraction of sp³-hybridized carbons (Fsp3) is 0.208. The van der Waals surface area contributed by atoms with Gasteiger partial charge in [-0.3, -0.25) is 4.79 Å². The van der Waals surface area contributed by atoms with E-state index in [1.807, 2.05) is 36.0 Å². The van der Waals surface area contributed by atoms with Gasteiger partial charge in [0.15, 0.2) is 0 Å². The van der Waals surface area contributed by atoms with Gasteiger partial charge < -0.3 is 10.1 Å². The Hall–Kier alpha value is -2.72. The standard InChI is InChI=1S/C24H25NO2S/c1-19(26)25-17-18-28-24(20-9-5-3-6-10-20,21-11-7-4-8-12-21)22-13-15-23(27-2)16-14-22/h3-16H,17-18H2,1-2H3,(H,25,26). The molecule has 0 aliphatic heterocycles. The molecule has 3 nitrogen and oxygen atoms in total. The molecule has 3 rings (SSSR count). The van der Waals surface area contributed by atoms with E-state index in [0.717, 1.165) is 11.5 Å².